The number of carbonyl (C=O) groups excluding carboxylic acids is 2. The van der Waals surface area contributed by atoms with Gasteiger partial charge < -0.3 is 19.6 Å². The van der Waals surface area contributed by atoms with Crippen LogP contribution >= 0.6 is 0 Å². The molecule has 0 spiro atoms. The number of benzene rings is 2. The Morgan fingerprint density at radius 1 is 0.933 bits per heavy atom. The minimum atomic E-state index is -0.332. The van der Waals surface area contributed by atoms with Gasteiger partial charge in [-0.25, -0.2) is 0 Å². The van der Waals surface area contributed by atoms with Crippen LogP contribution in [0.5, 0.6) is 0 Å². The molecule has 0 fully saturated rings. The number of hydrogen-bond acceptors (Lipinski definition) is 5. The summed E-state index contributed by atoms with van der Waals surface area (Å²) in [6.07, 6.45) is 1.56. The molecule has 2 N–H and O–H groups in total. The predicted molar refractivity (Wildman–Crippen MR) is 111 cm³/mol. The molecule has 0 aliphatic heterocycles. The fourth-order valence-electron chi connectivity index (χ4n) is 2.92. The van der Waals surface area contributed by atoms with E-state index in [2.05, 4.69) is 15.8 Å². The molecule has 7 nitrogen and oxygen atoms in total. The zero-order valence-corrected chi connectivity index (χ0v) is 16.0. The van der Waals surface area contributed by atoms with Gasteiger partial charge in [0.05, 0.1) is 18.4 Å². The molecule has 0 unspecified atom stereocenters. The molecule has 0 atom stereocenters. The topological polar surface area (TPSA) is 97.4 Å². The smallest absolute Gasteiger partial charge is 0.291 e. The van der Waals surface area contributed by atoms with E-state index in [4.69, 9.17) is 8.94 Å². The average Bonchev–Trinajstić information content (AvgIpc) is 3.46. The van der Waals surface area contributed by atoms with Crippen LogP contribution in [0, 0.1) is 0 Å². The quantitative estimate of drug-likeness (QED) is 0.487. The van der Waals surface area contributed by atoms with Crippen LogP contribution in [-0.2, 0) is 17.8 Å². The summed E-state index contributed by atoms with van der Waals surface area (Å²) in [5.74, 6) is 0.351. The van der Waals surface area contributed by atoms with Gasteiger partial charge in [-0.2, -0.15) is 0 Å². The van der Waals surface area contributed by atoms with Crippen LogP contribution in [0.15, 0.2) is 88.0 Å². The maximum Gasteiger partial charge on any atom is 0.291 e. The Morgan fingerprint density at radius 3 is 2.60 bits per heavy atom. The van der Waals surface area contributed by atoms with Crippen molar-refractivity contribution in [2.45, 2.75) is 13.0 Å². The van der Waals surface area contributed by atoms with Crippen LogP contribution in [0.25, 0.3) is 11.3 Å². The van der Waals surface area contributed by atoms with E-state index in [1.165, 1.54) is 6.26 Å². The van der Waals surface area contributed by atoms with E-state index in [0.29, 0.717) is 23.7 Å². The standard InChI is InChI=1S/C23H19N3O4/c27-22(14-19-13-21(30-26-19)17-7-2-1-3-8-17)24-15-16-6-4-9-18(12-16)25-23(28)20-10-5-11-29-20/h1-13H,14-15H2,(H,24,27)(H,25,28). The van der Waals surface area contributed by atoms with Gasteiger partial charge in [0.15, 0.2) is 11.5 Å². The summed E-state index contributed by atoms with van der Waals surface area (Å²) >= 11 is 0. The fraction of sp³-hybridized carbons (Fsp3) is 0.0870. The number of carbonyl (C=O) groups is 2. The lowest BCUT2D eigenvalue weighted by Gasteiger charge is -2.07. The molecule has 0 saturated carbocycles. The summed E-state index contributed by atoms with van der Waals surface area (Å²) in [6, 6.07) is 21.8. The Balaban J connectivity index is 1.31. The highest BCUT2D eigenvalue weighted by Crippen LogP contribution is 2.20. The van der Waals surface area contributed by atoms with Gasteiger partial charge in [-0.1, -0.05) is 47.6 Å². The first-order valence-electron chi connectivity index (χ1n) is 9.39. The average molecular weight is 401 g/mol. The van der Waals surface area contributed by atoms with Crippen molar-refractivity contribution in [1.82, 2.24) is 10.5 Å². The van der Waals surface area contributed by atoms with Gasteiger partial charge >= 0.3 is 0 Å². The molecule has 2 aromatic heterocycles. The first kappa shape index (κ1) is 19.2. The van der Waals surface area contributed by atoms with Crippen LogP contribution in [0.1, 0.15) is 21.8 Å². The van der Waals surface area contributed by atoms with E-state index in [-0.39, 0.29) is 24.0 Å². The van der Waals surface area contributed by atoms with Gasteiger partial charge in [0, 0.05) is 23.9 Å². The summed E-state index contributed by atoms with van der Waals surface area (Å²) in [5, 5.41) is 9.58. The molecule has 0 aliphatic carbocycles. The summed E-state index contributed by atoms with van der Waals surface area (Å²) in [4.78, 5) is 24.3. The molecular weight excluding hydrogens is 382 g/mol. The number of nitrogens with one attached hydrogen (secondary N) is 2. The maximum atomic E-state index is 12.3. The minimum Gasteiger partial charge on any atom is -0.459 e. The lowest BCUT2D eigenvalue weighted by molar-refractivity contribution is -0.120. The molecule has 2 aromatic carbocycles. The number of nitrogens with zero attached hydrogens (tertiary/aromatic N) is 1. The molecule has 0 bridgehead atoms. The van der Waals surface area contributed by atoms with Gasteiger partial charge in [0.25, 0.3) is 5.91 Å². The van der Waals surface area contributed by atoms with Crippen molar-refractivity contribution in [2.24, 2.45) is 0 Å². The van der Waals surface area contributed by atoms with Crippen LogP contribution in [-0.4, -0.2) is 17.0 Å². The normalized spacial score (nSPS) is 10.5. The van der Waals surface area contributed by atoms with Crippen LogP contribution in [0.4, 0.5) is 5.69 Å². The van der Waals surface area contributed by atoms with Gasteiger partial charge in [-0.15, -0.1) is 0 Å². The van der Waals surface area contributed by atoms with Gasteiger partial charge in [-0.05, 0) is 29.8 Å². The summed E-state index contributed by atoms with van der Waals surface area (Å²) in [7, 11) is 0. The number of anilines is 1. The molecule has 30 heavy (non-hydrogen) atoms. The third-order valence-corrected chi connectivity index (χ3v) is 4.38. The minimum absolute atomic E-state index is 0.116. The summed E-state index contributed by atoms with van der Waals surface area (Å²) in [5.41, 5.74) is 2.94. The molecule has 2 amide bonds. The highest BCUT2D eigenvalue weighted by Gasteiger charge is 2.11. The van der Waals surface area contributed by atoms with Crippen LogP contribution in [0.2, 0.25) is 0 Å². The van der Waals surface area contributed by atoms with Crippen LogP contribution < -0.4 is 10.6 Å². The Labute approximate surface area is 172 Å². The Bertz CT molecular complexity index is 1130. The number of hydrogen-bond donors (Lipinski definition) is 2. The van der Waals surface area contributed by atoms with E-state index in [9.17, 15) is 9.59 Å². The number of aromatic nitrogens is 1. The molecule has 4 rings (SSSR count). The Kier molecular flexibility index (Phi) is 5.70. The third-order valence-electron chi connectivity index (χ3n) is 4.38. The lowest BCUT2D eigenvalue weighted by Crippen LogP contribution is -2.24. The van der Waals surface area contributed by atoms with Crippen molar-refractivity contribution in [3.63, 3.8) is 0 Å². The first-order valence-corrected chi connectivity index (χ1v) is 9.39. The third kappa shape index (κ3) is 4.82. The first-order chi connectivity index (χ1) is 14.7. The maximum absolute atomic E-state index is 12.3. The zero-order valence-electron chi connectivity index (χ0n) is 16.0. The Hall–Kier alpha value is -4.13. The van der Waals surface area contributed by atoms with Gasteiger partial charge in [0.2, 0.25) is 5.91 Å². The predicted octanol–water partition coefficient (Wildman–Crippen LogP) is 4.05. The monoisotopic (exact) mass is 401 g/mol. The molecule has 7 heteroatoms. The SMILES string of the molecule is O=C(Cc1cc(-c2ccccc2)on1)NCc1cccc(NC(=O)c2ccco2)c1. The van der Waals surface area contributed by atoms with Crippen molar-refractivity contribution in [1.29, 1.82) is 0 Å². The molecule has 0 aliphatic rings. The molecule has 0 saturated heterocycles. The van der Waals surface area contributed by atoms with Gasteiger partial charge in [-0.3, -0.25) is 9.59 Å². The fourth-order valence-corrected chi connectivity index (χ4v) is 2.92. The van der Waals surface area contributed by atoms with E-state index in [1.807, 2.05) is 42.5 Å². The second-order valence-corrected chi connectivity index (χ2v) is 6.63. The second kappa shape index (κ2) is 8.91. The highest BCUT2D eigenvalue weighted by molar-refractivity contribution is 6.02. The summed E-state index contributed by atoms with van der Waals surface area (Å²) in [6.45, 7) is 0.326. The van der Waals surface area contributed by atoms with Crippen molar-refractivity contribution in [3.8, 4) is 11.3 Å². The summed E-state index contributed by atoms with van der Waals surface area (Å²) < 4.78 is 10.4. The zero-order chi connectivity index (χ0) is 20.8. The van der Waals surface area contributed by atoms with E-state index >= 15 is 0 Å². The largest absolute Gasteiger partial charge is 0.459 e. The molecular formula is C23H19N3O4. The lowest BCUT2D eigenvalue weighted by atomic mass is 10.1. The van der Waals surface area contributed by atoms with Crippen molar-refractivity contribution in [2.75, 3.05) is 5.32 Å². The number of amides is 2. The van der Waals surface area contributed by atoms with Crippen molar-refractivity contribution < 1.29 is 18.5 Å². The number of furan rings is 1. The molecule has 150 valence electrons. The van der Waals surface area contributed by atoms with Gasteiger partial charge in [0.1, 0.15) is 0 Å². The second-order valence-electron chi connectivity index (χ2n) is 6.63. The van der Waals surface area contributed by atoms with Crippen molar-refractivity contribution in [3.05, 3.63) is 96.1 Å². The molecule has 4 aromatic rings. The molecule has 2 heterocycles. The molecule has 0 radical (unpaired) electrons. The van der Waals surface area contributed by atoms with E-state index < -0.39 is 0 Å². The van der Waals surface area contributed by atoms with E-state index in [0.717, 1.165) is 11.1 Å². The highest BCUT2D eigenvalue weighted by atomic mass is 16.5. The number of rotatable bonds is 7. The van der Waals surface area contributed by atoms with E-state index in [1.54, 1.807) is 30.3 Å². The van der Waals surface area contributed by atoms with Crippen molar-refractivity contribution >= 4 is 17.5 Å². The Morgan fingerprint density at radius 2 is 1.80 bits per heavy atom. The van der Waals surface area contributed by atoms with Crippen LogP contribution in [0.3, 0.4) is 0 Å².